The highest BCUT2D eigenvalue weighted by molar-refractivity contribution is 7.89. The lowest BCUT2D eigenvalue weighted by Gasteiger charge is -2.22. The Morgan fingerprint density at radius 3 is 2.12 bits per heavy atom. The van der Waals surface area contributed by atoms with Crippen LogP contribution in [-0.4, -0.2) is 25.0 Å². The summed E-state index contributed by atoms with van der Waals surface area (Å²) in [6.07, 6.45) is -9.82. The Bertz CT molecular complexity index is 734. The van der Waals surface area contributed by atoms with Crippen LogP contribution < -0.4 is 0 Å². The zero-order chi connectivity index (χ0) is 18.8. The zero-order valence-corrected chi connectivity index (χ0v) is 13.1. The molecule has 0 atom stereocenters. The molecule has 134 valence electrons. The van der Waals surface area contributed by atoms with Gasteiger partial charge in [-0.1, -0.05) is 6.92 Å². The lowest BCUT2D eigenvalue weighted by molar-refractivity contribution is -0.142. The molecular weight excluding hydrogens is 362 g/mol. The van der Waals surface area contributed by atoms with Gasteiger partial charge in [-0.25, -0.2) is 8.42 Å². The molecule has 0 unspecified atom stereocenters. The van der Waals surface area contributed by atoms with Crippen LogP contribution in [0.25, 0.3) is 0 Å². The highest BCUT2D eigenvalue weighted by atomic mass is 32.2. The van der Waals surface area contributed by atoms with Crippen molar-refractivity contribution in [1.29, 1.82) is 5.26 Å². The first kappa shape index (κ1) is 20.2. The van der Waals surface area contributed by atoms with Crippen molar-refractivity contribution in [3.63, 3.8) is 0 Å². The number of nitrogens with zero attached hydrogens (tertiary/aromatic N) is 2. The van der Waals surface area contributed by atoms with Crippen LogP contribution in [0.3, 0.4) is 0 Å². The van der Waals surface area contributed by atoms with Crippen LogP contribution >= 0.6 is 0 Å². The monoisotopic (exact) mass is 374 g/mol. The van der Waals surface area contributed by atoms with E-state index in [2.05, 4.69) is 0 Å². The Balaban J connectivity index is 3.41. The summed E-state index contributed by atoms with van der Waals surface area (Å²) in [4.78, 5) is 0. The minimum Gasteiger partial charge on any atom is -0.211 e. The topological polar surface area (TPSA) is 61.2 Å². The molecule has 24 heavy (non-hydrogen) atoms. The van der Waals surface area contributed by atoms with Crippen LogP contribution in [0.1, 0.15) is 23.6 Å². The van der Waals surface area contributed by atoms with Crippen LogP contribution in [0.15, 0.2) is 18.2 Å². The first-order chi connectivity index (χ1) is 10.8. The van der Waals surface area contributed by atoms with Crippen molar-refractivity contribution in [3.8, 4) is 6.07 Å². The van der Waals surface area contributed by atoms with Crippen LogP contribution in [0.5, 0.6) is 0 Å². The molecule has 1 rings (SSSR count). The molecule has 0 saturated heterocycles. The minimum absolute atomic E-state index is 0.267. The van der Waals surface area contributed by atoms with E-state index in [1.165, 1.54) is 13.0 Å². The predicted molar refractivity (Wildman–Crippen MR) is 71.9 cm³/mol. The summed E-state index contributed by atoms with van der Waals surface area (Å²) in [5.41, 5.74) is -3.51. The largest absolute Gasteiger partial charge is 0.416 e. The van der Waals surface area contributed by atoms with Crippen molar-refractivity contribution in [3.05, 3.63) is 34.9 Å². The molecule has 0 aliphatic carbocycles. The smallest absolute Gasteiger partial charge is 0.211 e. The normalized spacial score (nSPS) is 13.1. The van der Waals surface area contributed by atoms with Crippen LogP contribution in [0.2, 0.25) is 0 Å². The second kappa shape index (κ2) is 6.98. The van der Waals surface area contributed by atoms with Gasteiger partial charge >= 0.3 is 12.4 Å². The minimum atomic E-state index is -4.95. The van der Waals surface area contributed by atoms with Gasteiger partial charge in [0.1, 0.15) is 0 Å². The van der Waals surface area contributed by atoms with Gasteiger partial charge in [0.05, 0.1) is 17.2 Å². The fourth-order valence-corrected chi connectivity index (χ4v) is 3.02. The van der Waals surface area contributed by atoms with Gasteiger partial charge in [-0.05, 0) is 23.8 Å². The van der Waals surface area contributed by atoms with Crippen LogP contribution in [-0.2, 0) is 28.9 Å². The number of hydrogen-bond donors (Lipinski definition) is 0. The SMILES string of the molecule is CCN(Cc1cc(C(F)(F)F)ccc1C(F)(F)F)S(=O)(=O)CC#N. The van der Waals surface area contributed by atoms with Gasteiger partial charge in [0.15, 0.2) is 5.75 Å². The number of rotatable bonds is 5. The molecular formula is C13H12F6N2O2S. The Labute approximate surface area is 134 Å². The van der Waals surface area contributed by atoms with Gasteiger partial charge < -0.3 is 0 Å². The predicted octanol–water partition coefficient (Wildman–Crippen LogP) is 3.40. The summed E-state index contributed by atoms with van der Waals surface area (Å²) in [6.45, 7) is 0.0899. The van der Waals surface area contributed by atoms with Gasteiger partial charge in [0.2, 0.25) is 10.0 Å². The first-order valence-corrected chi connectivity index (χ1v) is 8.06. The zero-order valence-electron chi connectivity index (χ0n) is 12.2. The fourth-order valence-electron chi connectivity index (χ4n) is 1.95. The molecule has 1 aromatic rings. The fraction of sp³-hybridized carbons (Fsp3) is 0.462. The Hall–Kier alpha value is -1.80. The quantitative estimate of drug-likeness (QED) is 0.743. The highest BCUT2D eigenvalue weighted by Crippen LogP contribution is 2.37. The number of halogens is 6. The molecule has 0 N–H and O–H groups in total. The maximum Gasteiger partial charge on any atom is 0.416 e. The van der Waals surface area contributed by atoms with Crippen molar-refractivity contribution in [2.24, 2.45) is 0 Å². The van der Waals surface area contributed by atoms with Crippen molar-refractivity contribution in [2.75, 3.05) is 12.3 Å². The molecule has 0 aliphatic heterocycles. The molecule has 0 heterocycles. The van der Waals surface area contributed by atoms with Gasteiger partial charge in [0.25, 0.3) is 0 Å². The number of sulfonamides is 1. The van der Waals surface area contributed by atoms with E-state index in [4.69, 9.17) is 5.26 Å². The van der Waals surface area contributed by atoms with Crippen LogP contribution in [0, 0.1) is 11.3 Å². The summed E-state index contributed by atoms with van der Waals surface area (Å²) < 4.78 is 101. The molecule has 0 aliphatic rings. The summed E-state index contributed by atoms with van der Waals surface area (Å²) in [5, 5.41) is 8.46. The second-order valence-electron chi connectivity index (χ2n) is 4.71. The van der Waals surface area contributed by atoms with E-state index in [-0.39, 0.29) is 24.7 Å². The number of benzene rings is 1. The van der Waals surface area contributed by atoms with E-state index in [0.717, 1.165) is 0 Å². The highest BCUT2D eigenvalue weighted by Gasteiger charge is 2.37. The first-order valence-electron chi connectivity index (χ1n) is 6.45. The number of alkyl halides is 6. The molecule has 0 fully saturated rings. The van der Waals surface area contributed by atoms with Crippen molar-refractivity contribution in [2.45, 2.75) is 25.8 Å². The molecule has 11 heteroatoms. The lowest BCUT2D eigenvalue weighted by atomic mass is 10.0. The average molecular weight is 374 g/mol. The Morgan fingerprint density at radius 2 is 1.71 bits per heavy atom. The average Bonchev–Trinajstić information content (AvgIpc) is 2.42. The third kappa shape index (κ3) is 4.85. The summed E-state index contributed by atoms with van der Waals surface area (Å²) in [7, 11) is -4.21. The van der Waals surface area contributed by atoms with E-state index in [9.17, 15) is 34.8 Å². The molecule has 0 saturated carbocycles. The Kier molecular flexibility index (Phi) is 5.89. The summed E-state index contributed by atoms with van der Waals surface area (Å²) >= 11 is 0. The Morgan fingerprint density at radius 1 is 1.12 bits per heavy atom. The molecule has 0 radical (unpaired) electrons. The molecule has 0 spiro atoms. The van der Waals surface area contributed by atoms with E-state index in [1.54, 1.807) is 0 Å². The van der Waals surface area contributed by atoms with Crippen molar-refractivity contribution < 1.29 is 34.8 Å². The summed E-state index contributed by atoms with van der Waals surface area (Å²) in [6, 6.07) is 2.18. The third-order valence-corrected chi connectivity index (χ3v) is 4.75. The maximum absolute atomic E-state index is 13.0. The van der Waals surface area contributed by atoms with Crippen molar-refractivity contribution >= 4 is 10.0 Å². The molecule has 0 bridgehead atoms. The molecule has 4 nitrogen and oxygen atoms in total. The lowest BCUT2D eigenvalue weighted by Crippen LogP contribution is -2.33. The summed E-state index contributed by atoms with van der Waals surface area (Å²) in [5.74, 6) is -0.985. The second-order valence-corrected chi connectivity index (χ2v) is 6.68. The number of hydrogen-bond acceptors (Lipinski definition) is 3. The van der Waals surface area contributed by atoms with Gasteiger partial charge in [-0.3, -0.25) is 0 Å². The van der Waals surface area contributed by atoms with Crippen LogP contribution in [0.4, 0.5) is 26.3 Å². The van der Waals surface area contributed by atoms with Gasteiger partial charge in [-0.15, -0.1) is 0 Å². The maximum atomic E-state index is 13.0. The molecule has 0 aromatic heterocycles. The van der Waals surface area contributed by atoms with E-state index >= 15 is 0 Å². The number of nitriles is 1. The molecule has 0 amide bonds. The third-order valence-electron chi connectivity index (χ3n) is 3.08. The van der Waals surface area contributed by atoms with E-state index < -0.39 is 51.4 Å². The van der Waals surface area contributed by atoms with Crippen molar-refractivity contribution in [1.82, 2.24) is 4.31 Å². The molecule has 1 aromatic carbocycles. The van der Waals surface area contributed by atoms with E-state index in [0.29, 0.717) is 4.31 Å². The van der Waals surface area contributed by atoms with Gasteiger partial charge in [-0.2, -0.15) is 35.9 Å². The standard InChI is InChI=1S/C13H12F6N2O2S/c1-2-21(24(22,23)6-5-20)8-9-7-10(12(14,15)16)3-4-11(9)13(17,18)19/h3-4,7H,2,6,8H2,1H3. The van der Waals surface area contributed by atoms with E-state index in [1.807, 2.05) is 0 Å². The van der Waals surface area contributed by atoms with Gasteiger partial charge in [0, 0.05) is 13.1 Å².